The number of hydrogen-bond acceptors (Lipinski definition) is 11. The molecule has 262 valence electrons. The highest BCUT2D eigenvalue weighted by Gasteiger charge is 2.76. The summed E-state index contributed by atoms with van der Waals surface area (Å²) in [6, 6.07) is 33.8. The third-order valence-corrected chi connectivity index (χ3v) is 8.30. The van der Waals surface area contributed by atoms with Gasteiger partial charge in [0, 0.05) is 16.7 Å². The van der Waals surface area contributed by atoms with Gasteiger partial charge in [-0.15, -0.1) is 0 Å². The number of carbonyl (C=O) groups is 6. The molecule has 0 heterocycles. The normalized spacial score (nSPS) is 14.4. The first kappa shape index (κ1) is 36.9. The number of hydrogen-bond donors (Lipinski definition) is 3. The Morgan fingerprint density at radius 1 is 0.481 bits per heavy atom. The third-order valence-electron chi connectivity index (χ3n) is 8.30. The second-order valence-electron chi connectivity index (χ2n) is 11.5. The van der Waals surface area contributed by atoms with Crippen LogP contribution in [0.2, 0.25) is 0 Å². The smallest absolute Gasteiger partial charge is 0.339 e. The number of esters is 2. The van der Waals surface area contributed by atoms with Crippen LogP contribution < -0.4 is 0 Å². The van der Waals surface area contributed by atoms with Crippen LogP contribution in [0.5, 0.6) is 0 Å². The van der Waals surface area contributed by atoms with Crippen LogP contribution in [-0.2, 0) is 14.3 Å². The van der Waals surface area contributed by atoms with Gasteiger partial charge in [0.05, 0.1) is 17.7 Å². The zero-order chi connectivity index (χ0) is 37.3. The summed E-state index contributed by atoms with van der Waals surface area (Å²) >= 11 is 0. The molecule has 0 aromatic heterocycles. The van der Waals surface area contributed by atoms with Crippen LogP contribution in [0.1, 0.15) is 51.8 Å². The van der Waals surface area contributed by atoms with Crippen LogP contribution in [0.15, 0.2) is 152 Å². The summed E-state index contributed by atoms with van der Waals surface area (Å²) in [7, 11) is 0. The molecule has 11 heteroatoms. The summed E-state index contributed by atoms with van der Waals surface area (Å²) in [4.78, 5) is 88.4. The third kappa shape index (κ3) is 6.96. The Labute approximate surface area is 297 Å². The van der Waals surface area contributed by atoms with Crippen LogP contribution in [0, 0.1) is 0 Å². The first-order valence-electron chi connectivity index (χ1n) is 16.0. The van der Waals surface area contributed by atoms with Gasteiger partial charge in [0.25, 0.3) is 17.0 Å². The van der Waals surface area contributed by atoms with E-state index in [4.69, 9.17) is 9.47 Å². The van der Waals surface area contributed by atoms with Crippen molar-refractivity contribution in [2.45, 2.75) is 23.4 Å². The van der Waals surface area contributed by atoms with E-state index in [0.29, 0.717) is 0 Å². The summed E-state index contributed by atoms with van der Waals surface area (Å²) < 4.78 is 11.8. The van der Waals surface area contributed by atoms with Gasteiger partial charge in [-0.2, -0.15) is 0 Å². The van der Waals surface area contributed by atoms with E-state index in [2.05, 4.69) is 0 Å². The molecule has 3 N–H and O–H groups in total. The molecule has 0 bridgehead atoms. The highest BCUT2D eigenvalue weighted by atomic mass is 16.6. The molecule has 0 aliphatic heterocycles. The van der Waals surface area contributed by atoms with E-state index in [9.17, 15) is 29.7 Å². The quantitative estimate of drug-likeness (QED) is 0.0619. The molecule has 0 spiro atoms. The molecule has 0 aliphatic rings. The van der Waals surface area contributed by atoms with E-state index in [1.807, 2.05) is 0 Å². The number of benzene rings is 5. The van der Waals surface area contributed by atoms with Gasteiger partial charge >= 0.3 is 11.9 Å². The van der Waals surface area contributed by atoms with E-state index in [0.717, 1.165) is 0 Å². The van der Waals surface area contributed by atoms with Gasteiger partial charge in [0.15, 0.2) is 0 Å². The van der Waals surface area contributed by atoms with Gasteiger partial charge in [-0.05, 0) is 24.3 Å². The van der Waals surface area contributed by atoms with Gasteiger partial charge in [-0.25, -0.2) is 9.59 Å². The number of ether oxygens (including phenoxy) is 2. The molecule has 0 radical (unpaired) electrons. The first-order valence-corrected chi connectivity index (χ1v) is 16.0. The number of aliphatic hydroxyl groups is 3. The van der Waals surface area contributed by atoms with Crippen molar-refractivity contribution >= 4 is 35.1 Å². The lowest BCUT2D eigenvalue weighted by Crippen LogP contribution is -2.78. The van der Waals surface area contributed by atoms with Crippen molar-refractivity contribution in [3.63, 3.8) is 0 Å². The maximum atomic E-state index is 15.3. The van der Waals surface area contributed by atoms with Gasteiger partial charge in [-0.3, -0.25) is 19.2 Å². The average molecular weight is 701 g/mol. The summed E-state index contributed by atoms with van der Waals surface area (Å²) in [5.74, 6) is -9.39. The fraction of sp³-hybridized carbons (Fsp3) is 0.122. The number of ketones is 4. The Balaban J connectivity index is 1.98. The average Bonchev–Trinajstić information content (AvgIpc) is 3.21. The number of carbonyl (C=O) groups excluding carboxylic acids is 6. The maximum absolute atomic E-state index is 15.3. The topological polar surface area (TPSA) is 182 Å². The van der Waals surface area contributed by atoms with Gasteiger partial charge in [-0.1, -0.05) is 127 Å². The first-order chi connectivity index (χ1) is 25.1. The van der Waals surface area contributed by atoms with Crippen molar-refractivity contribution in [2.24, 2.45) is 0 Å². The SMILES string of the molecule is O=C(OC(C(=O)c1ccccc1)(C(O)C(O)CO)[C@@](OC(=O)c1ccccc1)(C(=O)C(=O)c1ccccc1)C(=O)c1ccccc1)c1ccccc1. The molecular formula is C41H32O11. The molecule has 0 saturated carbocycles. The maximum Gasteiger partial charge on any atom is 0.339 e. The molecule has 0 saturated heterocycles. The summed E-state index contributed by atoms with van der Waals surface area (Å²) in [6.07, 6.45) is -5.36. The molecule has 5 rings (SSSR count). The zero-order valence-corrected chi connectivity index (χ0v) is 27.4. The predicted octanol–water partition coefficient (Wildman–Crippen LogP) is 4.11. The molecule has 4 atom stereocenters. The van der Waals surface area contributed by atoms with Crippen molar-refractivity contribution in [1.29, 1.82) is 0 Å². The van der Waals surface area contributed by atoms with Crippen molar-refractivity contribution in [3.05, 3.63) is 179 Å². The molecule has 52 heavy (non-hydrogen) atoms. The Bertz CT molecular complexity index is 2050. The van der Waals surface area contributed by atoms with Crippen LogP contribution >= 0.6 is 0 Å². The minimum Gasteiger partial charge on any atom is -0.439 e. The fourth-order valence-corrected chi connectivity index (χ4v) is 5.69. The minimum atomic E-state index is -3.92. The molecule has 0 amide bonds. The molecule has 0 aliphatic carbocycles. The number of Topliss-reactive ketones (excluding diaryl/α,β-unsaturated/α-hetero) is 4. The monoisotopic (exact) mass is 700 g/mol. The molecule has 5 aromatic carbocycles. The summed E-state index contributed by atoms with van der Waals surface area (Å²) in [6.45, 7) is -1.32. The fourth-order valence-electron chi connectivity index (χ4n) is 5.69. The molecule has 3 unspecified atom stereocenters. The lowest BCUT2D eigenvalue weighted by atomic mass is 9.65. The van der Waals surface area contributed by atoms with Crippen LogP contribution in [-0.4, -0.2) is 80.4 Å². The second-order valence-corrected chi connectivity index (χ2v) is 11.5. The van der Waals surface area contributed by atoms with Gasteiger partial charge < -0.3 is 24.8 Å². The standard InChI is InChI=1S/C41H32O11/c42-26-32(43)36(47)40(34(45)28-18-8-2-9-19-28,51-38(49)30-22-12-4-13-23-30)41(35(46)29-20-10-3-11-21-29,52-39(50)31-24-14-5-15-25-31)37(48)33(44)27-16-6-1-7-17-27/h1-25,32,36,42-43,47H,26H2/t32?,36?,40?,41-/m0/s1. The zero-order valence-electron chi connectivity index (χ0n) is 27.4. The molecule has 0 fully saturated rings. The van der Waals surface area contributed by atoms with E-state index < -0.39 is 76.2 Å². The summed E-state index contributed by atoms with van der Waals surface area (Å²) in [5.41, 5.74) is -9.43. The Morgan fingerprint density at radius 3 is 1.23 bits per heavy atom. The van der Waals surface area contributed by atoms with Crippen molar-refractivity contribution in [1.82, 2.24) is 0 Å². The Kier molecular flexibility index (Phi) is 11.4. The van der Waals surface area contributed by atoms with E-state index >= 15 is 14.4 Å². The van der Waals surface area contributed by atoms with E-state index in [-0.39, 0.29) is 16.7 Å². The molecule has 11 nitrogen and oxygen atoms in total. The van der Waals surface area contributed by atoms with Crippen LogP contribution in [0.3, 0.4) is 0 Å². The van der Waals surface area contributed by atoms with Gasteiger partial charge in [0.2, 0.25) is 17.3 Å². The largest absolute Gasteiger partial charge is 0.439 e. The number of aliphatic hydroxyl groups excluding tert-OH is 3. The van der Waals surface area contributed by atoms with E-state index in [1.54, 1.807) is 12.1 Å². The van der Waals surface area contributed by atoms with Crippen molar-refractivity contribution in [2.75, 3.05) is 6.61 Å². The Morgan fingerprint density at radius 2 is 0.827 bits per heavy atom. The molecular weight excluding hydrogens is 668 g/mol. The lowest BCUT2D eigenvalue weighted by molar-refractivity contribution is -0.187. The molecule has 5 aromatic rings. The van der Waals surface area contributed by atoms with Crippen molar-refractivity contribution in [3.8, 4) is 0 Å². The number of rotatable bonds is 15. The van der Waals surface area contributed by atoms with Gasteiger partial charge in [0.1, 0.15) is 12.2 Å². The minimum absolute atomic E-state index is 0.268. The second kappa shape index (κ2) is 16.1. The predicted molar refractivity (Wildman–Crippen MR) is 186 cm³/mol. The van der Waals surface area contributed by atoms with Crippen LogP contribution in [0.4, 0.5) is 0 Å². The summed E-state index contributed by atoms with van der Waals surface area (Å²) in [5, 5.41) is 33.5. The Hall–Kier alpha value is -6.40. The van der Waals surface area contributed by atoms with E-state index in [1.165, 1.54) is 140 Å². The highest BCUT2D eigenvalue weighted by molar-refractivity contribution is 6.52. The van der Waals surface area contributed by atoms with Crippen LogP contribution in [0.25, 0.3) is 0 Å². The highest BCUT2D eigenvalue weighted by Crippen LogP contribution is 2.43. The lowest BCUT2D eigenvalue weighted by Gasteiger charge is -2.47. The van der Waals surface area contributed by atoms with Crippen molar-refractivity contribution < 1.29 is 53.6 Å².